The predicted octanol–water partition coefficient (Wildman–Crippen LogP) is 0.332. The Hall–Kier alpha value is -0.770. The van der Waals surface area contributed by atoms with E-state index in [1.165, 1.54) is 0 Å². The third-order valence-corrected chi connectivity index (χ3v) is 2.44. The summed E-state index contributed by atoms with van der Waals surface area (Å²) in [6.07, 6.45) is 1.09. The Balaban J connectivity index is 2.51. The van der Waals surface area contributed by atoms with Crippen LogP contribution in [0.25, 0.3) is 0 Å². The number of nitrogens with one attached hydrogen (secondary N) is 2. The molecule has 1 atom stereocenters. The summed E-state index contributed by atoms with van der Waals surface area (Å²) in [4.78, 5) is 4.31. The van der Waals surface area contributed by atoms with Gasteiger partial charge in [-0.3, -0.25) is 4.99 Å². The van der Waals surface area contributed by atoms with Crippen molar-refractivity contribution in [3.63, 3.8) is 0 Å². The number of aliphatic imine (C=N–C) groups is 1. The molecule has 82 valence electrons. The zero-order valence-corrected chi connectivity index (χ0v) is 9.30. The first-order valence-corrected chi connectivity index (χ1v) is 5.20. The molecule has 0 fully saturated rings. The van der Waals surface area contributed by atoms with Gasteiger partial charge in [-0.25, -0.2) is 0 Å². The van der Waals surface area contributed by atoms with Gasteiger partial charge in [0.25, 0.3) is 0 Å². The summed E-state index contributed by atoms with van der Waals surface area (Å²) < 4.78 is 0. The van der Waals surface area contributed by atoms with Gasteiger partial charge in [-0.1, -0.05) is 20.8 Å². The maximum absolute atomic E-state index is 9.25. The van der Waals surface area contributed by atoms with E-state index < -0.39 is 0 Å². The van der Waals surface area contributed by atoms with E-state index in [1.54, 1.807) is 0 Å². The second-order valence-electron chi connectivity index (χ2n) is 4.76. The van der Waals surface area contributed by atoms with Crippen molar-refractivity contribution in [1.29, 1.82) is 0 Å². The molecule has 1 aliphatic heterocycles. The normalized spacial score (nSPS) is 19.6. The highest BCUT2D eigenvalue weighted by Gasteiger charge is 2.24. The number of aliphatic hydroxyl groups is 1. The Labute approximate surface area is 85.8 Å². The first-order valence-electron chi connectivity index (χ1n) is 5.20. The third-order valence-electron chi connectivity index (χ3n) is 2.44. The minimum atomic E-state index is 0.0381. The third kappa shape index (κ3) is 3.18. The fourth-order valence-corrected chi connectivity index (χ4v) is 1.33. The lowest BCUT2D eigenvalue weighted by Gasteiger charge is -2.32. The largest absolute Gasteiger partial charge is 0.394 e. The van der Waals surface area contributed by atoms with Crippen LogP contribution < -0.4 is 10.6 Å². The van der Waals surface area contributed by atoms with E-state index in [2.05, 4.69) is 36.4 Å². The van der Waals surface area contributed by atoms with E-state index >= 15 is 0 Å². The molecular weight excluding hydrogens is 178 g/mol. The van der Waals surface area contributed by atoms with E-state index in [0.29, 0.717) is 0 Å². The summed E-state index contributed by atoms with van der Waals surface area (Å²) >= 11 is 0. The summed E-state index contributed by atoms with van der Waals surface area (Å²) in [6, 6.07) is 0.0480. The molecule has 0 amide bonds. The predicted molar refractivity (Wildman–Crippen MR) is 58.4 cm³/mol. The zero-order chi connectivity index (χ0) is 10.6. The van der Waals surface area contributed by atoms with Crippen molar-refractivity contribution in [1.82, 2.24) is 10.6 Å². The second-order valence-corrected chi connectivity index (χ2v) is 4.76. The van der Waals surface area contributed by atoms with Crippen LogP contribution in [0.3, 0.4) is 0 Å². The van der Waals surface area contributed by atoms with Crippen molar-refractivity contribution in [2.45, 2.75) is 33.2 Å². The molecule has 0 aromatic carbocycles. The van der Waals surface area contributed by atoms with Gasteiger partial charge in [0.15, 0.2) is 5.96 Å². The first-order chi connectivity index (χ1) is 6.54. The van der Waals surface area contributed by atoms with Crippen LogP contribution in [0.2, 0.25) is 0 Å². The Morgan fingerprint density at radius 2 is 2.29 bits per heavy atom. The molecule has 0 aliphatic carbocycles. The first kappa shape index (κ1) is 11.3. The molecule has 1 heterocycles. The molecule has 0 radical (unpaired) electrons. The van der Waals surface area contributed by atoms with E-state index in [-0.39, 0.29) is 18.1 Å². The number of nitrogens with zero attached hydrogens (tertiary/aromatic N) is 1. The van der Waals surface area contributed by atoms with Gasteiger partial charge in [0.2, 0.25) is 0 Å². The molecule has 3 N–H and O–H groups in total. The SMILES string of the molecule is CC(C)(C)C(CO)NC1=NCCCN1. The van der Waals surface area contributed by atoms with Crippen molar-refractivity contribution in [3.05, 3.63) is 0 Å². The molecule has 0 aromatic rings. The van der Waals surface area contributed by atoms with Crippen molar-refractivity contribution < 1.29 is 5.11 Å². The average molecular weight is 199 g/mol. The van der Waals surface area contributed by atoms with Gasteiger partial charge in [-0.2, -0.15) is 0 Å². The fourth-order valence-electron chi connectivity index (χ4n) is 1.33. The molecule has 1 aliphatic rings. The van der Waals surface area contributed by atoms with E-state index in [1.807, 2.05) is 0 Å². The minimum absolute atomic E-state index is 0.0381. The van der Waals surface area contributed by atoms with E-state index in [0.717, 1.165) is 25.5 Å². The Morgan fingerprint density at radius 3 is 2.71 bits per heavy atom. The molecule has 1 unspecified atom stereocenters. The summed E-state index contributed by atoms with van der Waals surface area (Å²) in [5.41, 5.74) is 0.0381. The van der Waals surface area contributed by atoms with Crippen LogP contribution in [0.5, 0.6) is 0 Å². The molecular formula is C10H21N3O. The van der Waals surface area contributed by atoms with Crippen LogP contribution in [0.15, 0.2) is 4.99 Å². The van der Waals surface area contributed by atoms with Gasteiger partial charge >= 0.3 is 0 Å². The number of hydrogen-bond donors (Lipinski definition) is 3. The van der Waals surface area contributed by atoms with Crippen LogP contribution in [0, 0.1) is 5.41 Å². The topological polar surface area (TPSA) is 56.6 Å². The van der Waals surface area contributed by atoms with Crippen molar-refractivity contribution in [3.8, 4) is 0 Å². The lowest BCUT2D eigenvalue weighted by molar-refractivity contribution is 0.173. The number of hydrogen-bond acceptors (Lipinski definition) is 4. The molecule has 0 saturated heterocycles. The minimum Gasteiger partial charge on any atom is -0.394 e. The number of rotatable bonds is 2. The molecule has 14 heavy (non-hydrogen) atoms. The maximum atomic E-state index is 9.25. The monoisotopic (exact) mass is 199 g/mol. The fraction of sp³-hybridized carbons (Fsp3) is 0.900. The summed E-state index contributed by atoms with van der Waals surface area (Å²) in [6.45, 7) is 8.27. The van der Waals surface area contributed by atoms with Crippen LogP contribution in [0.1, 0.15) is 27.2 Å². The average Bonchev–Trinajstić information content (AvgIpc) is 2.14. The molecule has 0 saturated carbocycles. The van der Waals surface area contributed by atoms with E-state index in [4.69, 9.17) is 0 Å². The highest BCUT2D eigenvalue weighted by atomic mass is 16.3. The van der Waals surface area contributed by atoms with Gasteiger partial charge in [0, 0.05) is 13.1 Å². The Bertz CT molecular complexity index is 208. The molecule has 0 spiro atoms. The van der Waals surface area contributed by atoms with Gasteiger partial charge in [0.05, 0.1) is 12.6 Å². The van der Waals surface area contributed by atoms with E-state index in [9.17, 15) is 5.11 Å². The molecule has 1 rings (SSSR count). The zero-order valence-electron chi connectivity index (χ0n) is 9.30. The van der Waals surface area contributed by atoms with Crippen LogP contribution >= 0.6 is 0 Å². The van der Waals surface area contributed by atoms with Gasteiger partial charge < -0.3 is 15.7 Å². The van der Waals surface area contributed by atoms with Crippen molar-refractivity contribution >= 4 is 5.96 Å². The second kappa shape index (κ2) is 4.64. The smallest absolute Gasteiger partial charge is 0.191 e. The lowest BCUT2D eigenvalue weighted by atomic mass is 9.87. The quantitative estimate of drug-likeness (QED) is 0.601. The maximum Gasteiger partial charge on any atom is 0.191 e. The van der Waals surface area contributed by atoms with Crippen LogP contribution in [-0.4, -0.2) is 36.8 Å². The van der Waals surface area contributed by atoms with Crippen molar-refractivity contribution in [2.75, 3.05) is 19.7 Å². The molecule has 4 nitrogen and oxygen atoms in total. The van der Waals surface area contributed by atoms with Gasteiger partial charge in [-0.05, 0) is 11.8 Å². The standard InChI is InChI=1S/C10H21N3O/c1-10(2,3)8(7-14)13-9-11-5-4-6-12-9/h8,14H,4-7H2,1-3H3,(H2,11,12,13). The summed E-state index contributed by atoms with van der Waals surface area (Å²) in [7, 11) is 0. The number of aliphatic hydroxyl groups excluding tert-OH is 1. The van der Waals surface area contributed by atoms with Gasteiger partial charge in [-0.15, -0.1) is 0 Å². The highest BCUT2D eigenvalue weighted by molar-refractivity contribution is 5.80. The van der Waals surface area contributed by atoms with Crippen molar-refractivity contribution in [2.24, 2.45) is 10.4 Å². The Kier molecular flexibility index (Phi) is 3.75. The summed E-state index contributed by atoms with van der Waals surface area (Å²) in [5, 5.41) is 15.7. The lowest BCUT2D eigenvalue weighted by Crippen LogP contribution is -2.52. The van der Waals surface area contributed by atoms with Crippen LogP contribution in [0.4, 0.5) is 0 Å². The number of guanidine groups is 1. The molecule has 0 bridgehead atoms. The molecule has 0 aromatic heterocycles. The summed E-state index contributed by atoms with van der Waals surface area (Å²) in [5.74, 6) is 0.824. The van der Waals surface area contributed by atoms with Gasteiger partial charge in [0.1, 0.15) is 0 Å². The van der Waals surface area contributed by atoms with Crippen LogP contribution in [-0.2, 0) is 0 Å². The molecule has 4 heteroatoms. The highest BCUT2D eigenvalue weighted by Crippen LogP contribution is 2.18. The Morgan fingerprint density at radius 1 is 1.57 bits per heavy atom.